The fourth-order valence-corrected chi connectivity index (χ4v) is 3.71. The van der Waals surface area contributed by atoms with Crippen molar-refractivity contribution < 1.29 is 32.2 Å². The summed E-state index contributed by atoms with van der Waals surface area (Å²) in [6.45, 7) is 3.86. The molecule has 0 aliphatic heterocycles. The van der Waals surface area contributed by atoms with E-state index < -0.39 is 30.7 Å². The molecule has 0 saturated heterocycles. The van der Waals surface area contributed by atoms with Crippen LogP contribution in [0, 0.1) is 5.82 Å². The second-order valence-corrected chi connectivity index (χ2v) is 8.94. The van der Waals surface area contributed by atoms with E-state index in [0.29, 0.717) is 18.8 Å². The normalized spacial score (nSPS) is 12.7. The first kappa shape index (κ1) is 29.5. The van der Waals surface area contributed by atoms with Gasteiger partial charge in [0.1, 0.15) is 12.8 Å². The maximum Gasteiger partial charge on any atom is 0.343 e. The molecule has 0 saturated carbocycles. The summed E-state index contributed by atoms with van der Waals surface area (Å²) in [5.41, 5.74) is -0.0381. The molecule has 2 aromatic rings. The number of para-hydroxylation sites is 2. The zero-order valence-corrected chi connectivity index (χ0v) is 21.4. The minimum Gasteiger partial charge on any atom is -0.490 e. The lowest BCUT2D eigenvalue weighted by Crippen LogP contribution is -2.24. The molecule has 36 heavy (non-hydrogen) atoms. The van der Waals surface area contributed by atoms with Crippen molar-refractivity contribution in [3.63, 3.8) is 0 Å². The number of hydrogen-bond donors (Lipinski definition) is 0. The topological polar surface area (TPSA) is 44.8 Å². The molecule has 4 nitrogen and oxygen atoms in total. The Morgan fingerprint density at radius 1 is 0.778 bits per heavy atom. The Morgan fingerprint density at radius 3 is 2.11 bits per heavy atom. The van der Waals surface area contributed by atoms with Crippen LogP contribution in [0.25, 0.3) is 0 Å². The van der Waals surface area contributed by atoms with Crippen molar-refractivity contribution in [1.82, 2.24) is 0 Å². The van der Waals surface area contributed by atoms with Gasteiger partial charge in [0.05, 0.1) is 12.2 Å². The van der Waals surface area contributed by atoms with E-state index in [1.165, 1.54) is 50.7 Å². The van der Waals surface area contributed by atoms with Crippen molar-refractivity contribution in [2.75, 3.05) is 13.2 Å². The Balaban J connectivity index is 1.84. The number of esters is 1. The summed E-state index contributed by atoms with van der Waals surface area (Å²) in [6.07, 6.45) is 6.56. The molecule has 0 heterocycles. The van der Waals surface area contributed by atoms with Crippen LogP contribution in [-0.2, 0) is 0 Å². The largest absolute Gasteiger partial charge is 0.490 e. The standard InChI is InChI=1S/C29H39F3O4/c1-3-5-6-7-8-9-10-13-19-34-27-15-11-12-16-28(27)36-29(33)22-17-18-26(24(31)20-22)35-21-25(32)23(30)14-4-2/h11-12,15-18,20,23,25H,3-10,13-14,19,21H2,1-2H3/t23-,25-/m1/s1. The van der Waals surface area contributed by atoms with Crippen molar-refractivity contribution in [2.45, 2.75) is 90.4 Å². The number of rotatable bonds is 18. The van der Waals surface area contributed by atoms with Crippen molar-refractivity contribution >= 4 is 5.97 Å². The summed E-state index contributed by atoms with van der Waals surface area (Å²) >= 11 is 0. The molecule has 0 bridgehead atoms. The lowest BCUT2D eigenvalue weighted by Gasteiger charge is -2.15. The number of alkyl halides is 2. The van der Waals surface area contributed by atoms with Gasteiger partial charge >= 0.3 is 5.97 Å². The highest BCUT2D eigenvalue weighted by Crippen LogP contribution is 2.28. The Morgan fingerprint density at radius 2 is 1.44 bits per heavy atom. The number of unbranched alkanes of at least 4 members (excludes halogenated alkanes) is 7. The molecule has 2 aromatic carbocycles. The average Bonchev–Trinajstić information content (AvgIpc) is 2.87. The van der Waals surface area contributed by atoms with E-state index in [9.17, 15) is 18.0 Å². The molecular weight excluding hydrogens is 469 g/mol. The van der Waals surface area contributed by atoms with Gasteiger partial charge in [0, 0.05) is 0 Å². The maximum absolute atomic E-state index is 14.4. The highest BCUT2D eigenvalue weighted by atomic mass is 19.2. The Hall–Kier alpha value is -2.70. The van der Waals surface area contributed by atoms with Gasteiger partial charge in [0.25, 0.3) is 0 Å². The van der Waals surface area contributed by atoms with Gasteiger partial charge in [-0.3, -0.25) is 0 Å². The average molecular weight is 509 g/mol. The molecule has 2 rings (SSSR count). The van der Waals surface area contributed by atoms with E-state index in [1.54, 1.807) is 31.2 Å². The summed E-state index contributed by atoms with van der Waals surface area (Å²) in [7, 11) is 0. The van der Waals surface area contributed by atoms with Gasteiger partial charge in [-0.2, -0.15) is 0 Å². The first-order valence-corrected chi connectivity index (χ1v) is 13.1. The van der Waals surface area contributed by atoms with E-state index >= 15 is 0 Å². The Kier molecular flexibility index (Phi) is 13.8. The fourth-order valence-electron chi connectivity index (χ4n) is 3.71. The van der Waals surface area contributed by atoms with Crippen molar-refractivity contribution in [1.29, 1.82) is 0 Å². The zero-order chi connectivity index (χ0) is 26.2. The van der Waals surface area contributed by atoms with E-state index in [-0.39, 0.29) is 23.5 Å². The molecule has 200 valence electrons. The first-order chi connectivity index (χ1) is 17.5. The lowest BCUT2D eigenvalue weighted by molar-refractivity contribution is 0.0727. The van der Waals surface area contributed by atoms with Crippen LogP contribution >= 0.6 is 0 Å². The summed E-state index contributed by atoms with van der Waals surface area (Å²) in [4.78, 5) is 12.6. The minimum absolute atomic E-state index is 0.0381. The quantitative estimate of drug-likeness (QED) is 0.115. The third kappa shape index (κ3) is 10.5. The second-order valence-electron chi connectivity index (χ2n) is 8.94. The molecule has 0 unspecified atom stereocenters. The van der Waals surface area contributed by atoms with E-state index in [1.807, 2.05) is 0 Å². The van der Waals surface area contributed by atoms with E-state index in [4.69, 9.17) is 14.2 Å². The smallest absolute Gasteiger partial charge is 0.343 e. The number of ether oxygens (including phenoxy) is 3. The maximum atomic E-state index is 14.4. The van der Waals surface area contributed by atoms with Crippen molar-refractivity contribution in [2.24, 2.45) is 0 Å². The van der Waals surface area contributed by atoms with Crippen LogP contribution in [0.3, 0.4) is 0 Å². The third-order valence-electron chi connectivity index (χ3n) is 5.83. The highest BCUT2D eigenvalue weighted by molar-refractivity contribution is 5.91. The summed E-state index contributed by atoms with van der Waals surface area (Å²) in [5.74, 6) is -1.20. The van der Waals surface area contributed by atoms with Crippen LogP contribution in [-0.4, -0.2) is 31.5 Å². The van der Waals surface area contributed by atoms with Crippen molar-refractivity contribution in [3.05, 3.63) is 53.8 Å². The number of carbonyl (C=O) groups excluding carboxylic acids is 1. The van der Waals surface area contributed by atoms with Crippen LogP contribution in [0.2, 0.25) is 0 Å². The molecule has 0 amide bonds. The Labute approximate surface area is 213 Å². The number of carbonyl (C=O) groups is 1. The van der Waals surface area contributed by atoms with Crippen LogP contribution in [0.5, 0.6) is 17.2 Å². The van der Waals surface area contributed by atoms with Gasteiger partial charge in [-0.25, -0.2) is 18.0 Å². The third-order valence-corrected chi connectivity index (χ3v) is 5.83. The van der Waals surface area contributed by atoms with Gasteiger partial charge in [0.2, 0.25) is 0 Å². The summed E-state index contributed by atoms with van der Waals surface area (Å²) < 4.78 is 58.1. The Bertz CT molecular complexity index is 906. The van der Waals surface area contributed by atoms with E-state index in [2.05, 4.69) is 6.92 Å². The van der Waals surface area contributed by atoms with E-state index in [0.717, 1.165) is 18.9 Å². The fraction of sp³-hybridized carbons (Fsp3) is 0.552. The van der Waals surface area contributed by atoms with Gasteiger partial charge in [-0.15, -0.1) is 0 Å². The molecule has 0 aliphatic rings. The lowest BCUT2D eigenvalue weighted by atomic mass is 10.1. The molecule has 0 N–H and O–H groups in total. The van der Waals surface area contributed by atoms with Crippen LogP contribution < -0.4 is 14.2 Å². The van der Waals surface area contributed by atoms with Crippen molar-refractivity contribution in [3.8, 4) is 17.2 Å². The predicted molar refractivity (Wildman–Crippen MR) is 136 cm³/mol. The molecule has 7 heteroatoms. The molecule has 0 fully saturated rings. The summed E-state index contributed by atoms with van der Waals surface area (Å²) in [5, 5.41) is 0. The molecule has 0 spiro atoms. The predicted octanol–water partition coefficient (Wildman–Crippen LogP) is 8.42. The van der Waals surface area contributed by atoms with Gasteiger partial charge in [-0.1, -0.05) is 77.3 Å². The monoisotopic (exact) mass is 508 g/mol. The molecule has 0 aromatic heterocycles. The zero-order valence-electron chi connectivity index (χ0n) is 21.4. The number of hydrogen-bond acceptors (Lipinski definition) is 4. The van der Waals surface area contributed by atoms with Gasteiger partial charge in [-0.05, 0) is 43.2 Å². The number of halogens is 3. The molecular formula is C29H39F3O4. The number of benzene rings is 2. The van der Waals surface area contributed by atoms with Gasteiger partial charge in [0.15, 0.2) is 29.2 Å². The SMILES string of the molecule is CCCCCCCCCCOc1ccccc1OC(=O)c1ccc(OC[C@@H](F)[C@H](F)CCC)c(F)c1. The molecule has 0 aliphatic carbocycles. The molecule has 2 atom stereocenters. The first-order valence-electron chi connectivity index (χ1n) is 13.1. The van der Waals surface area contributed by atoms with Crippen LogP contribution in [0.15, 0.2) is 42.5 Å². The second kappa shape index (κ2) is 16.9. The van der Waals surface area contributed by atoms with Crippen LogP contribution in [0.1, 0.15) is 88.4 Å². The highest BCUT2D eigenvalue weighted by Gasteiger charge is 2.21. The van der Waals surface area contributed by atoms with Crippen LogP contribution in [0.4, 0.5) is 13.2 Å². The van der Waals surface area contributed by atoms with Gasteiger partial charge < -0.3 is 14.2 Å². The minimum atomic E-state index is -1.85. The summed E-state index contributed by atoms with van der Waals surface area (Å²) in [6, 6.07) is 10.3. The molecule has 0 radical (unpaired) electrons.